The van der Waals surface area contributed by atoms with Gasteiger partial charge < -0.3 is 20.9 Å². The van der Waals surface area contributed by atoms with Crippen LogP contribution < -0.4 is 20.9 Å². The van der Waals surface area contributed by atoms with Crippen LogP contribution >= 0.6 is 0 Å². The van der Waals surface area contributed by atoms with Crippen molar-refractivity contribution in [1.29, 1.82) is 0 Å². The molecule has 0 aliphatic heterocycles. The molecule has 3 rings (SSSR count). The molecule has 0 fully saturated rings. The van der Waals surface area contributed by atoms with Crippen molar-refractivity contribution in [1.82, 2.24) is 0 Å². The molecule has 4 N–H and O–H groups in total. The summed E-state index contributed by atoms with van der Waals surface area (Å²) in [6.45, 7) is 0. The Morgan fingerprint density at radius 3 is 1.12 bits per heavy atom. The first kappa shape index (κ1) is 32.2. The molecule has 4 nitrogen and oxygen atoms in total. The molecule has 0 saturated carbocycles. The van der Waals surface area contributed by atoms with Crippen LogP contribution in [0.3, 0.4) is 0 Å². The van der Waals surface area contributed by atoms with Crippen molar-refractivity contribution in [3.63, 3.8) is 0 Å². The fraction of sp³-hybridized carbons (Fsp3) is 0.143. The molecule has 0 heterocycles. The number of anilines is 2. The van der Waals surface area contributed by atoms with E-state index in [0.717, 1.165) is 0 Å². The lowest BCUT2D eigenvalue weighted by molar-refractivity contribution is -0.141. The van der Waals surface area contributed by atoms with Crippen LogP contribution in [0.5, 0.6) is 23.0 Å². The van der Waals surface area contributed by atoms with Crippen LogP contribution in [0, 0.1) is 46.5 Å². The average Bonchev–Trinajstić information content (AvgIpc) is 2.83. The van der Waals surface area contributed by atoms with Gasteiger partial charge in [0, 0.05) is 6.07 Å². The zero-order valence-electron chi connectivity index (χ0n) is 19.0. The van der Waals surface area contributed by atoms with Crippen molar-refractivity contribution in [3.8, 4) is 23.0 Å². The lowest BCUT2D eigenvalue weighted by Crippen LogP contribution is -2.18. The van der Waals surface area contributed by atoms with Crippen molar-refractivity contribution >= 4 is 11.4 Å². The van der Waals surface area contributed by atoms with E-state index in [1.54, 1.807) is 0 Å². The zero-order chi connectivity index (χ0) is 32.4. The third-order valence-electron chi connectivity index (χ3n) is 5.04. The van der Waals surface area contributed by atoms with E-state index in [1.165, 1.54) is 0 Å². The monoisotopic (exact) mass is 640 g/mol. The number of hydrogen-bond donors (Lipinski definition) is 2. The highest BCUT2D eigenvalue weighted by Crippen LogP contribution is 2.51. The maximum atomic E-state index is 15.2. The van der Waals surface area contributed by atoms with Crippen LogP contribution in [-0.2, 0) is 18.5 Å². The first-order valence-corrected chi connectivity index (χ1v) is 9.93. The van der Waals surface area contributed by atoms with Crippen molar-refractivity contribution in [3.05, 3.63) is 69.3 Å². The van der Waals surface area contributed by atoms with Gasteiger partial charge in [-0.05, 0) is 0 Å². The standard InChI is InChI=1S/C21H5F17N2O2/c22-2-1-3(41-17-5(20(33,34)35)14(39)10(26)8(24)12(17)28)7(23)16(4(2)19(30,31)32)42-18-6(21(36,37)38)15(40)11(27)9(25)13(18)29/h1H,39-40H2. The Bertz CT molecular complexity index is 1590. The summed E-state index contributed by atoms with van der Waals surface area (Å²) in [4.78, 5) is 0. The Morgan fingerprint density at radius 2 is 0.762 bits per heavy atom. The quantitative estimate of drug-likeness (QED) is 0.170. The van der Waals surface area contributed by atoms with Gasteiger partial charge in [-0.15, -0.1) is 0 Å². The molecule has 42 heavy (non-hydrogen) atoms. The van der Waals surface area contributed by atoms with Crippen LogP contribution in [0.4, 0.5) is 86.0 Å². The highest BCUT2D eigenvalue weighted by molar-refractivity contribution is 5.61. The molecule has 0 amide bonds. The summed E-state index contributed by atoms with van der Waals surface area (Å²) in [6.07, 6.45) is -18.3. The molecule has 230 valence electrons. The molecule has 0 aromatic heterocycles. The Labute approximate surface area is 218 Å². The normalized spacial score (nSPS) is 12.6. The molecule has 0 radical (unpaired) electrons. The second-order valence-electron chi connectivity index (χ2n) is 7.69. The van der Waals surface area contributed by atoms with Crippen LogP contribution in [0.25, 0.3) is 0 Å². The lowest BCUT2D eigenvalue weighted by Gasteiger charge is -2.22. The summed E-state index contributed by atoms with van der Waals surface area (Å²) in [7, 11) is 0. The van der Waals surface area contributed by atoms with Gasteiger partial charge in [-0.3, -0.25) is 0 Å². The Kier molecular flexibility index (Phi) is 7.81. The molecular formula is C21H5F17N2O2. The Hall–Kier alpha value is -4.33. The molecule has 0 saturated heterocycles. The molecular weight excluding hydrogens is 635 g/mol. The van der Waals surface area contributed by atoms with Gasteiger partial charge in [-0.1, -0.05) is 0 Å². The molecule has 0 aliphatic carbocycles. The topological polar surface area (TPSA) is 70.5 Å². The second kappa shape index (κ2) is 10.2. The van der Waals surface area contributed by atoms with Crippen LogP contribution in [0.2, 0.25) is 0 Å². The van der Waals surface area contributed by atoms with Gasteiger partial charge in [-0.25, -0.2) is 22.0 Å². The number of rotatable bonds is 4. The predicted octanol–water partition coefficient (Wildman–Crippen LogP) is 8.60. The molecule has 0 atom stereocenters. The number of ether oxygens (including phenoxy) is 2. The maximum absolute atomic E-state index is 15.2. The minimum absolute atomic E-state index is 0.803. The second-order valence-corrected chi connectivity index (χ2v) is 7.69. The SMILES string of the molecule is Nc1c(F)c(F)c(F)c(Oc2cc(F)c(C(F)(F)F)c(Oc3c(F)c(F)c(F)c(N)c3C(F)(F)F)c2F)c1C(F)(F)F. The molecule has 0 spiro atoms. The van der Waals surface area contributed by atoms with Crippen LogP contribution in [-0.4, -0.2) is 0 Å². The number of alkyl halides is 9. The highest BCUT2D eigenvalue weighted by Gasteiger charge is 2.47. The van der Waals surface area contributed by atoms with Gasteiger partial charge in [0.05, 0.1) is 11.4 Å². The molecule has 0 unspecified atom stereocenters. The number of hydrogen-bond acceptors (Lipinski definition) is 4. The maximum Gasteiger partial charge on any atom is 0.422 e. The van der Waals surface area contributed by atoms with E-state index in [4.69, 9.17) is 11.5 Å². The third kappa shape index (κ3) is 5.33. The van der Waals surface area contributed by atoms with Crippen molar-refractivity contribution in [2.24, 2.45) is 0 Å². The summed E-state index contributed by atoms with van der Waals surface area (Å²) in [5.74, 6) is -33.9. The lowest BCUT2D eigenvalue weighted by atomic mass is 10.1. The largest absolute Gasteiger partial charge is 0.450 e. The Morgan fingerprint density at radius 1 is 0.429 bits per heavy atom. The van der Waals surface area contributed by atoms with Gasteiger partial charge in [0.2, 0.25) is 17.5 Å². The fourth-order valence-corrected chi connectivity index (χ4v) is 3.29. The summed E-state index contributed by atoms with van der Waals surface area (Å²) in [6, 6.07) is -0.803. The summed E-state index contributed by atoms with van der Waals surface area (Å²) < 4.78 is 242. The molecule has 3 aromatic carbocycles. The van der Waals surface area contributed by atoms with Crippen LogP contribution in [0.15, 0.2) is 6.07 Å². The van der Waals surface area contributed by atoms with Gasteiger partial charge in [0.1, 0.15) is 22.5 Å². The fourth-order valence-electron chi connectivity index (χ4n) is 3.29. The average molecular weight is 640 g/mol. The van der Waals surface area contributed by atoms with Crippen molar-refractivity contribution in [2.45, 2.75) is 18.5 Å². The molecule has 3 aromatic rings. The van der Waals surface area contributed by atoms with Crippen molar-refractivity contribution in [2.75, 3.05) is 11.5 Å². The smallest absolute Gasteiger partial charge is 0.422 e. The van der Waals surface area contributed by atoms with E-state index < -0.39 is 122 Å². The van der Waals surface area contributed by atoms with E-state index in [9.17, 15) is 70.2 Å². The molecule has 21 heteroatoms. The third-order valence-corrected chi connectivity index (χ3v) is 5.04. The number of nitrogens with two attached hydrogens (primary N) is 2. The summed E-state index contributed by atoms with van der Waals surface area (Å²) in [5.41, 5.74) is -3.91. The van der Waals surface area contributed by atoms with E-state index in [0.29, 0.717) is 0 Å². The highest BCUT2D eigenvalue weighted by atomic mass is 19.4. The first-order valence-electron chi connectivity index (χ1n) is 9.93. The first-order chi connectivity index (χ1) is 18.9. The molecule has 0 bridgehead atoms. The molecule has 0 aliphatic rings. The van der Waals surface area contributed by atoms with Gasteiger partial charge >= 0.3 is 18.5 Å². The van der Waals surface area contributed by atoms with E-state index in [-0.39, 0.29) is 0 Å². The van der Waals surface area contributed by atoms with E-state index in [2.05, 4.69) is 9.47 Å². The summed E-state index contributed by atoms with van der Waals surface area (Å²) >= 11 is 0. The van der Waals surface area contributed by atoms with Gasteiger partial charge in [0.25, 0.3) is 0 Å². The minimum atomic E-state index is -6.22. The number of benzene rings is 3. The van der Waals surface area contributed by atoms with Gasteiger partial charge in [0.15, 0.2) is 46.3 Å². The van der Waals surface area contributed by atoms with E-state index >= 15 is 4.39 Å². The predicted molar refractivity (Wildman–Crippen MR) is 103 cm³/mol. The number of halogens is 17. The van der Waals surface area contributed by atoms with Crippen LogP contribution in [0.1, 0.15) is 16.7 Å². The summed E-state index contributed by atoms with van der Waals surface area (Å²) in [5, 5.41) is 0. The minimum Gasteiger partial charge on any atom is -0.450 e. The van der Waals surface area contributed by atoms with Crippen molar-refractivity contribution < 1.29 is 84.1 Å². The van der Waals surface area contributed by atoms with Gasteiger partial charge in [-0.2, -0.15) is 52.7 Å². The number of nitrogen functional groups attached to an aromatic ring is 2. The zero-order valence-corrected chi connectivity index (χ0v) is 19.0. The van der Waals surface area contributed by atoms with E-state index in [1.807, 2.05) is 0 Å². The Balaban J connectivity index is 2.43.